The number of carbonyl (C=O) groups excluding carboxylic acids is 1. The Kier molecular flexibility index (Phi) is 5.92. The number of amides is 1. The van der Waals surface area contributed by atoms with Gasteiger partial charge in [-0.1, -0.05) is 23.7 Å². The van der Waals surface area contributed by atoms with Gasteiger partial charge >= 0.3 is 0 Å². The highest BCUT2D eigenvalue weighted by Gasteiger charge is 2.26. The van der Waals surface area contributed by atoms with Gasteiger partial charge in [-0.3, -0.25) is 4.79 Å². The van der Waals surface area contributed by atoms with Crippen molar-refractivity contribution >= 4 is 17.5 Å². The van der Waals surface area contributed by atoms with Crippen LogP contribution in [0.5, 0.6) is 0 Å². The van der Waals surface area contributed by atoms with Gasteiger partial charge in [0.05, 0.1) is 10.6 Å². The van der Waals surface area contributed by atoms with Crippen LogP contribution in [0.3, 0.4) is 0 Å². The predicted octanol–water partition coefficient (Wildman–Crippen LogP) is 2.96. The standard InChI is InChI=1S/C18H25ClN2O2/c19-17-4-2-1-3-16(17)18(22)20-13-14-5-9-21(10-6-14)15-7-11-23-12-8-15/h1-4,14-15H,5-13H2,(H,20,22). The van der Waals surface area contributed by atoms with Crippen molar-refractivity contribution in [3.8, 4) is 0 Å². The first-order valence-corrected chi connectivity index (χ1v) is 8.96. The second-order valence-corrected chi connectivity index (χ2v) is 6.92. The maximum Gasteiger partial charge on any atom is 0.252 e. The van der Waals surface area contributed by atoms with Gasteiger partial charge in [-0.15, -0.1) is 0 Å². The molecule has 0 spiro atoms. The molecule has 2 saturated heterocycles. The van der Waals surface area contributed by atoms with Gasteiger partial charge in [0, 0.05) is 25.8 Å². The number of nitrogens with one attached hydrogen (secondary N) is 1. The first kappa shape index (κ1) is 16.7. The fourth-order valence-corrected chi connectivity index (χ4v) is 3.77. The van der Waals surface area contributed by atoms with Crippen molar-refractivity contribution in [1.29, 1.82) is 0 Å². The second kappa shape index (κ2) is 8.13. The topological polar surface area (TPSA) is 41.6 Å². The van der Waals surface area contributed by atoms with E-state index in [9.17, 15) is 4.79 Å². The molecule has 0 atom stereocenters. The van der Waals surface area contributed by atoms with Crippen LogP contribution >= 0.6 is 11.6 Å². The SMILES string of the molecule is O=C(NCC1CCN(C2CCOCC2)CC1)c1ccccc1Cl. The zero-order valence-corrected chi connectivity index (χ0v) is 14.2. The predicted molar refractivity (Wildman–Crippen MR) is 91.9 cm³/mol. The third kappa shape index (κ3) is 4.46. The molecule has 126 valence electrons. The molecule has 1 aromatic rings. The van der Waals surface area contributed by atoms with E-state index >= 15 is 0 Å². The molecule has 23 heavy (non-hydrogen) atoms. The van der Waals surface area contributed by atoms with Gasteiger partial charge in [0.15, 0.2) is 0 Å². The average molecular weight is 337 g/mol. The van der Waals surface area contributed by atoms with E-state index < -0.39 is 0 Å². The van der Waals surface area contributed by atoms with Crippen molar-refractivity contribution in [1.82, 2.24) is 10.2 Å². The summed E-state index contributed by atoms with van der Waals surface area (Å²) in [6.45, 7) is 4.82. The Hall–Kier alpha value is -1.10. The summed E-state index contributed by atoms with van der Waals surface area (Å²) in [6.07, 6.45) is 4.63. The molecule has 2 fully saturated rings. The Morgan fingerprint density at radius 2 is 1.87 bits per heavy atom. The Morgan fingerprint density at radius 3 is 2.57 bits per heavy atom. The molecular weight excluding hydrogens is 312 g/mol. The Bertz CT molecular complexity index is 524. The summed E-state index contributed by atoms with van der Waals surface area (Å²) in [6, 6.07) is 7.90. The number of hydrogen-bond acceptors (Lipinski definition) is 3. The molecule has 0 saturated carbocycles. The minimum atomic E-state index is -0.0672. The number of halogens is 1. The Morgan fingerprint density at radius 1 is 1.17 bits per heavy atom. The molecule has 0 aromatic heterocycles. The highest BCUT2D eigenvalue weighted by Crippen LogP contribution is 2.23. The summed E-state index contributed by atoms with van der Waals surface area (Å²) < 4.78 is 5.44. The molecule has 3 rings (SSSR count). The molecule has 1 amide bonds. The molecule has 1 N–H and O–H groups in total. The number of piperidine rings is 1. The van der Waals surface area contributed by atoms with Crippen LogP contribution in [-0.4, -0.2) is 49.7 Å². The maximum absolute atomic E-state index is 12.2. The molecule has 2 aliphatic rings. The number of rotatable bonds is 4. The third-order valence-corrected chi connectivity index (χ3v) is 5.36. The monoisotopic (exact) mass is 336 g/mol. The van der Waals surface area contributed by atoms with Crippen molar-refractivity contribution in [2.75, 3.05) is 32.8 Å². The van der Waals surface area contributed by atoms with Crippen molar-refractivity contribution in [3.63, 3.8) is 0 Å². The zero-order chi connectivity index (χ0) is 16.1. The average Bonchev–Trinajstić information content (AvgIpc) is 2.61. The van der Waals surface area contributed by atoms with Crippen LogP contribution < -0.4 is 5.32 Å². The molecule has 0 bridgehead atoms. The zero-order valence-electron chi connectivity index (χ0n) is 13.5. The van der Waals surface area contributed by atoms with Gasteiger partial charge in [-0.25, -0.2) is 0 Å². The van der Waals surface area contributed by atoms with Crippen LogP contribution in [0.2, 0.25) is 5.02 Å². The van der Waals surface area contributed by atoms with Crippen molar-refractivity contribution < 1.29 is 9.53 Å². The van der Waals surface area contributed by atoms with Crippen LogP contribution in [0.25, 0.3) is 0 Å². The van der Waals surface area contributed by atoms with Crippen LogP contribution in [0, 0.1) is 5.92 Å². The summed E-state index contributed by atoms with van der Waals surface area (Å²) in [4.78, 5) is 14.8. The molecule has 4 nitrogen and oxygen atoms in total. The lowest BCUT2D eigenvalue weighted by molar-refractivity contribution is 0.0211. The third-order valence-electron chi connectivity index (χ3n) is 5.03. The molecule has 2 heterocycles. The van der Waals surface area contributed by atoms with Gasteiger partial charge in [-0.05, 0) is 56.8 Å². The first-order valence-electron chi connectivity index (χ1n) is 8.58. The Labute approximate surface area is 143 Å². The quantitative estimate of drug-likeness (QED) is 0.919. The van der Waals surface area contributed by atoms with Gasteiger partial charge in [0.25, 0.3) is 5.91 Å². The Balaban J connectivity index is 1.42. The number of benzene rings is 1. The van der Waals surface area contributed by atoms with Crippen molar-refractivity contribution in [2.45, 2.75) is 31.7 Å². The van der Waals surface area contributed by atoms with E-state index in [-0.39, 0.29) is 5.91 Å². The van der Waals surface area contributed by atoms with E-state index in [4.69, 9.17) is 16.3 Å². The van der Waals surface area contributed by atoms with Gasteiger partial charge < -0.3 is 15.0 Å². The lowest BCUT2D eigenvalue weighted by Crippen LogP contribution is -2.45. The minimum absolute atomic E-state index is 0.0672. The van der Waals surface area contributed by atoms with E-state index in [1.807, 2.05) is 12.1 Å². The summed E-state index contributed by atoms with van der Waals surface area (Å²) in [5.41, 5.74) is 0.564. The highest BCUT2D eigenvalue weighted by molar-refractivity contribution is 6.33. The summed E-state index contributed by atoms with van der Waals surface area (Å²) in [7, 11) is 0. The van der Waals surface area contributed by atoms with Crippen LogP contribution in [0.1, 0.15) is 36.0 Å². The fourth-order valence-electron chi connectivity index (χ4n) is 3.55. The molecule has 0 unspecified atom stereocenters. The first-order chi connectivity index (χ1) is 11.2. The summed E-state index contributed by atoms with van der Waals surface area (Å²) in [5.74, 6) is 0.500. The molecule has 2 aliphatic heterocycles. The van der Waals surface area contributed by atoms with Crippen molar-refractivity contribution in [3.05, 3.63) is 34.9 Å². The molecular formula is C18H25ClN2O2. The maximum atomic E-state index is 12.2. The molecule has 1 aromatic carbocycles. The van der Waals surface area contributed by atoms with E-state index in [0.717, 1.165) is 58.5 Å². The summed E-state index contributed by atoms with van der Waals surface area (Å²) >= 11 is 6.07. The lowest BCUT2D eigenvalue weighted by Gasteiger charge is -2.39. The number of likely N-dealkylation sites (tertiary alicyclic amines) is 1. The smallest absolute Gasteiger partial charge is 0.252 e. The molecule has 5 heteroatoms. The summed E-state index contributed by atoms with van der Waals surface area (Å²) in [5, 5.41) is 3.56. The number of hydrogen-bond donors (Lipinski definition) is 1. The number of ether oxygens (including phenoxy) is 1. The van der Waals surface area contributed by atoms with Gasteiger partial charge in [0.1, 0.15) is 0 Å². The van der Waals surface area contributed by atoms with Gasteiger partial charge in [-0.2, -0.15) is 0 Å². The molecule has 0 aliphatic carbocycles. The number of carbonyl (C=O) groups is 1. The van der Waals surface area contributed by atoms with E-state index in [1.165, 1.54) is 0 Å². The second-order valence-electron chi connectivity index (χ2n) is 6.51. The van der Waals surface area contributed by atoms with Crippen LogP contribution in [0.15, 0.2) is 24.3 Å². The fraction of sp³-hybridized carbons (Fsp3) is 0.611. The van der Waals surface area contributed by atoms with Gasteiger partial charge in [0.2, 0.25) is 0 Å². The van der Waals surface area contributed by atoms with E-state index in [0.29, 0.717) is 22.5 Å². The normalized spacial score (nSPS) is 21.3. The van der Waals surface area contributed by atoms with E-state index in [1.54, 1.807) is 12.1 Å². The number of nitrogens with zero attached hydrogens (tertiary/aromatic N) is 1. The van der Waals surface area contributed by atoms with E-state index in [2.05, 4.69) is 10.2 Å². The van der Waals surface area contributed by atoms with Crippen molar-refractivity contribution in [2.24, 2.45) is 5.92 Å². The molecule has 0 radical (unpaired) electrons. The lowest BCUT2D eigenvalue weighted by atomic mass is 9.94. The largest absolute Gasteiger partial charge is 0.381 e. The van der Waals surface area contributed by atoms with Crippen LogP contribution in [-0.2, 0) is 4.74 Å². The minimum Gasteiger partial charge on any atom is -0.381 e. The van der Waals surface area contributed by atoms with Crippen LogP contribution in [0.4, 0.5) is 0 Å². The highest BCUT2D eigenvalue weighted by atomic mass is 35.5.